The third-order valence-electron chi connectivity index (χ3n) is 5.44. The van der Waals surface area contributed by atoms with E-state index in [2.05, 4.69) is 22.1 Å². The quantitative estimate of drug-likeness (QED) is 0.504. The lowest BCUT2D eigenvalue weighted by Crippen LogP contribution is -2.49. The Morgan fingerprint density at radius 1 is 0.931 bits per heavy atom. The van der Waals surface area contributed by atoms with E-state index in [9.17, 15) is 9.59 Å². The zero-order chi connectivity index (χ0) is 19.8. The van der Waals surface area contributed by atoms with Crippen molar-refractivity contribution in [3.05, 3.63) is 71.2 Å². The van der Waals surface area contributed by atoms with Gasteiger partial charge in [0.25, 0.3) is 0 Å². The molecule has 146 valence electrons. The smallest absolute Gasteiger partial charge is 0.347 e. The first-order valence-corrected chi connectivity index (χ1v) is 9.66. The molecule has 7 nitrogen and oxygen atoms in total. The Labute approximate surface area is 166 Å². The first kappa shape index (κ1) is 17.5. The molecule has 1 aliphatic heterocycles. The second-order valence-electron chi connectivity index (χ2n) is 7.15. The molecule has 4 aromatic rings. The number of hydrogen-bond acceptors (Lipinski definition) is 5. The fourth-order valence-electron chi connectivity index (χ4n) is 3.93. The summed E-state index contributed by atoms with van der Waals surface area (Å²) in [5.74, 6) is 0.0000311. The van der Waals surface area contributed by atoms with Crippen LogP contribution in [0.1, 0.15) is 0 Å². The van der Waals surface area contributed by atoms with Crippen LogP contribution in [0.4, 0.5) is 5.69 Å². The monoisotopic (exact) mass is 388 g/mol. The molecule has 5 rings (SSSR count). The molecule has 1 saturated heterocycles. The number of amides is 1. The van der Waals surface area contributed by atoms with Crippen LogP contribution in [-0.2, 0) is 11.3 Å². The van der Waals surface area contributed by atoms with Crippen LogP contribution in [0.5, 0.6) is 0 Å². The van der Waals surface area contributed by atoms with Gasteiger partial charge in [0.1, 0.15) is 17.5 Å². The van der Waals surface area contributed by atoms with Crippen LogP contribution >= 0.6 is 0 Å². The number of piperazine rings is 1. The van der Waals surface area contributed by atoms with Gasteiger partial charge in [0.15, 0.2) is 0 Å². The van der Waals surface area contributed by atoms with E-state index in [1.165, 1.54) is 11.9 Å². The maximum absolute atomic E-state index is 12.9. The zero-order valence-electron chi connectivity index (χ0n) is 15.8. The van der Waals surface area contributed by atoms with Gasteiger partial charge < -0.3 is 14.2 Å². The van der Waals surface area contributed by atoms with E-state index in [-0.39, 0.29) is 12.5 Å². The summed E-state index contributed by atoms with van der Waals surface area (Å²) in [6, 6.07) is 17.5. The molecule has 1 aliphatic rings. The van der Waals surface area contributed by atoms with Crippen LogP contribution in [0.25, 0.3) is 21.9 Å². The largest absolute Gasteiger partial charge is 0.422 e. The maximum Gasteiger partial charge on any atom is 0.347 e. The van der Waals surface area contributed by atoms with Crippen LogP contribution in [0.15, 0.2) is 70.0 Å². The highest BCUT2D eigenvalue weighted by molar-refractivity contribution is 6.02. The number of para-hydroxylation sites is 2. The minimum absolute atomic E-state index is 0.0000311. The maximum atomic E-state index is 12.9. The molecule has 0 spiro atoms. The number of fused-ring (bicyclic) bond motifs is 3. The van der Waals surface area contributed by atoms with Crippen LogP contribution in [0.2, 0.25) is 0 Å². The topological polar surface area (TPSA) is 71.6 Å². The summed E-state index contributed by atoms with van der Waals surface area (Å²) in [5, 5.41) is 5.48. The Bertz CT molecular complexity index is 1240. The van der Waals surface area contributed by atoms with Gasteiger partial charge in [0, 0.05) is 37.3 Å². The Morgan fingerprint density at radius 3 is 2.45 bits per heavy atom. The number of carbonyl (C=O) groups is 1. The molecule has 1 fully saturated rings. The molecule has 3 heterocycles. The molecule has 7 heteroatoms. The molecular formula is C22H20N4O3. The Hall–Kier alpha value is -3.61. The van der Waals surface area contributed by atoms with Crippen molar-refractivity contribution >= 4 is 33.5 Å². The number of benzene rings is 2. The standard InChI is InChI=1S/C22H20N4O3/c27-20(25-12-10-24(11-13-25)16-6-2-1-3-7-16)15-26-21-17-8-4-5-9-19(17)29-22(28)18(21)14-23-26/h1-9,14H,10-13,15H2. The summed E-state index contributed by atoms with van der Waals surface area (Å²) < 4.78 is 6.97. The summed E-state index contributed by atoms with van der Waals surface area (Å²) >= 11 is 0. The highest BCUT2D eigenvalue weighted by atomic mass is 16.4. The highest BCUT2D eigenvalue weighted by Gasteiger charge is 2.23. The van der Waals surface area contributed by atoms with E-state index in [4.69, 9.17) is 4.42 Å². The van der Waals surface area contributed by atoms with Crippen molar-refractivity contribution in [2.24, 2.45) is 0 Å². The van der Waals surface area contributed by atoms with Crippen molar-refractivity contribution in [2.75, 3.05) is 31.1 Å². The van der Waals surface area contributed by atoms with E-state index in [0.29, 0.717) is 29.6 Å². The molecular weight excluding hydrogens is 368 g/mol. The number of nitrogens with zero attached hydrogens (tertiary/aromatic N) is 4. The highest BCUT2D eigenvalue weighted by Crippen LogP contribution is 2.22. The fraction of sp³-hybridized carbons (Fsp3) is 0.227. The number of hydrogen-bond donors (Lipinski definition) is 0. The van der Waals surface area contributed by atoms with Crippen LogP contribution in [0, 0.1) is 0 Å². The summed E-state index contributed by atoms with van der Waals surface area (Å²) in [4.78, 5) is 29.3. The second kappa shape index (κ2) is 7.09. The zero-order valence-corrected chi connectivity index (χ0v) is 15.8. The lowest BCUT2D eigenvalue weighted by Gasteiger charge is -2.36. The van der Waals surface area contributed by atoms with E-state index < -0.39 is 5.63 Å². The van der Waals surface area contributed by atoms with E-state index in [1.54, 1.807) is 10.7 Å². The van der Waals surface area contributed by atoms with E-state index in [0.717, 1.165) is 18.5 Å². The molecule has 2 aromatic carbocycles. The van der Waals surface area contributed by atoms with Crippen LogP contribution in [0.3, 0.4) is 0 Å². The molecule has 0 unspecified atom stereocenters. The lowest BCUT2D eigenvalue weighted by atomic mass is 10.2. The lowest BCUT2D eigenvalue weighted by molar-refractivity contribution is -0.132. The van der Waals surface area contributed by atoms with Gasteiger partial charge in [-0.15, -0.1) is 0 Å². The Morgan fingerprint density at radius 2 is 1.66 bits per heavy atom. The molecule has 0 aliphatic carbocycles. The molecule has 0 atom stereocenters. The van der Waals surface area contributed by atoms with Crippen LogP contribution in [-0.4, -0.2) is 46.8 Å². The molecule has 0 saturated carbocycles. The number of aromatic nitrogens is 2. The van der Waals surface area contributed by atoms with Crippen molar-refractivity contribution in [1.82, 2.24) is 14.7 Å². The first-order chi connectivity index (χ1) is 14.2. The van der Waals surface area contributed by atoms with Crippen LogP contribution < -0.4 is 10.5 Å². The van der Waals surface area contributed by atoms with Gasteiger partial charge in [-0.25, -0.2) is 4.79 Å². The van der Waals surface area contributed by atoms with Crippen molar-refractivity contribution in [2.45, 2.75) is 6.54 Å². The normalized spacial score (nSPS) is 14.6. The van der Waals surface area contributed by atoms with Crippen molar-refractivity contribution in [1.29, 1.82) is 0 Å². The Balaban J connectivity index is 1.37. The van der Waals surface area contributed by atoms with Crippen molar-refractivity contribution in [3.63, 3.8) is 0 Å². The number of carbonyl (C=O) groups excluding carboxylic acids is 1. The van der Waals surface area contributed by atoms with Gasteiger partial charge in [-0.05, 0) is 24.3 Å². The number of rotatable bonds is 3. The van der Waals surface area contributed by atoms with Gasteiger partial charge in [-0.2, -0.15) is 5.10 Å². The molecule has 1 amide bonds. The summed E-state index contributed by atoms with van der Waals surface area (Å²) in [7, 11) is 0. The minimum Gasteiger partial charge on any atom is -0.422 e. The molecule has 0 N–H and O–H groups in total. The van der Waals surface area contributed by atoms with Gasteiger partial charge in [0.2, 0.25) is 5.91 Å². The van der Waals surface area contributed by atoms with Crippen molar-refractivity contribution < 1.29 is 9.21 Å². The minimum atomic E-state index is -0.436. The molecule has 2 aromatic heterocycles. The Kier molecular flexibility index (Phi) is 4.27. The summed E-state index contributed by atoms with van der Waals surface area (Å²) in [5.41, 5.74) is 1.88. The second-order valence-corrected chi connectivity index (χ2v) is 7.15. The van der Waals surface area contributed by atoms with Gasteiger partial charge in [-0.3, -0.25) is 9.48 Å². The van der Waals surface area contributed by atoms with Gasteiger partial charge in [0.05, 0.1) is 11.7 Å². The molecule has 0 bridgehead atoms. The van der Waals surface area contributed by atoms with Gasteiger partial charge >= 0.3 is 5.63 Å². The predicted molar refractivity (Wildman–Crippen MR) is 111 cm³/mol. The fourth-order valence-corrected chi connectivity index (χ4v) is 3.93. The van der Waals surface area contributed by atoms with E-state index in [1.807, 2.05) is 41.3 Å². The SMILES string of the molecule is O=C(Cn1ncc2c(=O)oc3ccccc3c21)N1CCN(c2ccccc2)CC1. The average molecular weight is 388 g/mol. The van der Waals surface area contributed by atoms with Gasteiger partial charge in [-0.1, -0.05) is 30.3 Å². The predicted octanol–water partition coefficient (Wildman–Crippen LogP) is 2.49. The average Bonchev–Trinajstić information content (AvgIpc) is 3.19. The molecule has 0 radical (unpaired) electrons. The van der Waals surface area contributed by atoms with E-state index >= 15 is 0 Å². The number of anilines is 1. The first-order valence-electron chi connectivity index (χ1n) is 9.66. The summed E-state index contributed by atoms with van der Waals surface area (Å²) in [6.07, 6.45) is 1.48. The molecule has 29 heavy (non-hydrogen) atoms. The third kappa shape index (κ3) is 3.14. The summed E-state index contributed by atoms with van der Waals surface area (Å²) in [6.45, 7) is 3.01. The third-order valence-corrected chi connectivity index (χ3v) is 5.44. The van der Waals surface area contributed by atoms with Crippen molar-refractivity contribution in [3.8, 4) is 0 Å².